The summed E-state index contributed by atoms with van der Waals surface area (Å²) in [6.07, 6.45) is 6.69. The Kier molecular flexibility index (Phi) is 7.87. The summed E-state index contributed by atoms with van der Waals surface area (Å²) in [5, 5.41) is 21.2. The van der Waals surface area contributed by atoms with Gasteiger partial charge in [0.15, 0.2) is 17.2 Å². The number of benzene rings is 1. The highest BCUT2D eigenvalue weighted by Crippen LogP contribution is 2.34. The summed E-state index contributed by atoms with van der Waals surface area (Å²) >= 11 is 0. The largest absolute Gasteiger partial charge is 0.363 e. The molecule has 5 rings (SSSR count). The summed E-state index contributed by atoms with van der Waals surface area (Å²) in [6, 6.07) is 8.21. The molecule has 10 nitrogen and oxygen atoms in total. The Bertz CT molecular complexity index is 1590. The molecule has 11 heteroatoms. The van der Waals surface area contributed by atoms with Crippen LogP contribution in [0.1, 0.15) is 68.3 Å². The second kappa shape index (κ2) is 11.5. The van der Waals surface area contributed by atoms with Gasteiger partial charge < -0.3 is 20.5 Å². The van der Waals surface area contributed by atoms with Gasteiger partial charge in [0.25, 0.3) is 5.91 Å². The lowest BCUT2D eigenvalue weighted by atomic mass is 9.90. The Labute approximate surface area is 237 Å². The third-order valence-electron chi connectivity index (χ3n) is 7.35. The van der Waals surface area contributed by atoms with Gasteiger partial charge in [0.05, 0.1) is 5.39 Å². The van der Waals surface area contributed by atoms with Gasteiger partial charge in [0.2, 0.25) is 5.91 Å². The van der Waals surface area contributed by atoms with Gasteiger partial charge in [0, 0.05) is 41.9 Å². The van der Waals surface area contributed by atoms with Crippen molar-refractivity contribution in [2.24, 2.45) is 0 Å². The second-order valence-electron chi connectivity index (χ2n) is 11.3. The van der Waals surface area contributed by atoms with Crippen molar-refractivity contribution in [2.75, 3.05) is 5.32 Å². The van der Waals surface area contributed by atoms with Crippen molar-refractivity contribution in [3.05, 3.63) is 72.0 Å². The Morgan fingerprint density at radius 2 is 1.95 bits per heavy atom. The van der Waals surface area contributed by atoms with E-state index >= 15 is 4.39 Å². The number of fused-ring (bicyclic) bond motifs is 1. The van der Waals surface area contributed by atoms with Crippen molar-refractivity contribution < 1.29 is 18.5 Å². The number of aromatic amines is 1. The smallest absolute Gasteiger partial charge is 0.273 e. The molecule has 0 bridgehead atoms. The van der Waals surface area contributed by atoms with Crippen LogP contribution >= 0.6 is 0 Å². The Hall–Kier alpha value is -4.54. The SMILES string of the molecule is C=CC(=O)N[C@H]1CCCC[C@@H]1Nc1n[nH]c2nccc(-c3ccc(CNC(=O)c4cc(C(C)(C)C)on4)c(F)c3)c12. The minimum Gasteiger partial charge on any atom is -0.363 e. The number of halogens is 1. The molecule has 0 radical (unpaired) electrons. The van der Waals surface area contributed by atoms with Crippen molar-refractivity contribution in [3.63, 3.8) is 0 Å². The average molecular weight is 560 g/mol. The minimum atomic E-state index is -0.458. The number of anilines is 1. The zero-order valence-electron chi connectivity index (χ0n) is 23.4. The van der Waals surface area contributed by atoms with E-state index in [0.29, 0.717) is 28.4 Å². The maximum Gasteiger partial charge on any atom is 0.273 e. The molecule has 1 aliphatic carbocycles. The summed E-state index contributed by atoms with van der Waals surface area (Å²) in [4.78, 5) is 28.9. The van der Waals surface area contributed by atoms with Gasteiger partial charge in [-0.05, 0) is 42.2 Å². The van der Waals surface area contributed by atoms with Gasteiger partial charge in [-0.25, -0.2) is 9.37 Å². The Morgan fingerprint density at radius 1 is 1.17 bits per heavy atom. The molecule has 1 saturated carbocycles. The monoisotopic (exact) mass is 559 g/mol. The molecule has 2 atom stereocenters. The molecule has 41 heavy (non-hydrogen) atoms. The lowest BCUT2D eigenvalue weighted by Crippen LogP contribution is -2.48. The first kappa shape index (κ1) is 28.0. The van der Waals surface area contributed by atoms with Crippen molar-refractivity contribution >= 4 is 28.7 Å². The van der Waals surface area contributed by atoms with E-state index in [9.17, 15) is 9.59 Å². The number of rotatable bonds is 8. The topological polar surface area (TPSA) is 138 Å². The van der Waals surface area contributed by atoms with E-state index in [0.717, 1.165) is 36.6 Å². The van der Waals surface area contributed by atoms with Crippen molar-refractivity contribution in [2.45, 2.75) is 70.5 Å². The van der Waals surface area contributed by atoms with Crippen LogP contribution in [0.25, 0.3) is 22.2 Å². The Balaban J connectivity index is 1.34. The van der Waals surface area contributed by atoms with Gasteiger partial charge in [-0.1, -0.05) is 57.5 Å². The van der Waals surface area contributed by atoms with Gasteiger partial charge in [-0.2, -0.15) is 5.10 Å². The fourth-order valence-corrected chi connectivity index (χ4v) is 5.05. The molecule has 1 fully saturated rings. The summed E-state index contributed by atoms with van der Waals surface area (Å²) in [5.41, 5.74) is 2.15. The summed E-state index contributed by atoms with van der Waals surface area (Å²) in [6.45, 7) is 9.43. The fourth-order valence-electron chi connectivity index (χ4n) is 5.05. The van der Waals surface area contributed by atoms with E-state index in [4.69, 9.17) is 4.52 Å². The van der Waals surface area contributed by atoms with Crippen molar-refractivity contribution in [1.29, 1.82) is 0 Å². The second-order valence-corrected chi connectivity index (χ2v) is 11.3. The number of pyridine rings is 1. The molecule has 3 heterocycles. The lowest BCUT2D eigenvalue weighted by molar-refractivity contribution is -0.117. The highest BCUT2D eigenvalue weighted by molar-refractivity contribution is 6.00. The predicted octanol–water partition coefficient (Wildman–Crippen LogP) is 5.00. The molecule has 0 saturated heterocycles. The van der Waals surface area contributed by atoms with Crippen LogP contribution in [-0.4, -0.2) is 44.2 Å². The summed E-state index contributed by atoms with van der Waals surface area (Å²) < 4.78 is 20.5. The Morgan fingerprint density at radius 3 is 2.66 bits per heavy atom. The van der Waals surface area contributed by atoms with Crippen LogP contribution in [0, 0.1) is 5.82 Å². The standard InChI is InChI=1S/C30H34FN7O3/c1-5-25(39)34-21-8-6-7-9-22(21)35-28-26-19(12-13-32-27(26)36-37-28)17-10-11-18(20(31)14-17)16-33-29(40)23-15-24(41-38-23)30(2,3)4/h5,10-15,21-22H,1,6-9,16H2,2-4H3,(H,33,40)(H,34,39)(H2,32,35,36,37)/t21-,22-/m0/s1. The van der Waals surface area contributed by atoms with Gasteiger partial charge in [-0.15, -0.1) is 0 Å². The van der Waals surface area contributed by atoms with Crippen LogP contribution in [0.15, 0.2) is 53.7 Å². The van der Waals surface area contributed by atoms with E-state index in [1.54, 1.807) is 24.4 Å². The zero-order valence-corrected chi connectivity index (χ0v) is 23.4. The number of carbonyl (C=O) groups excluding carboxylic acids is 2. The van der Waals surface area contributed by atoms with Crippen molar-refractivity contribution in [3.8, 4) is 11.1 Å². The van der Waals surface area contributed by atoms with E-state index in [2.05, 4.69) is 42.9 Å². The molecule has 1 aliphatic rings. The van der Waals surface area contributed by atoms with Crippen LogP contribution in [0.4, 0.5) is 10.2 Å². The molecule has 0 unspecified atom stereocenters. The number of amides is 2. The normalized spacial score (nSPS) is 17.3. The summed E-state index contributed by atoms with van der Waals surface area (Å²) in [7, 11) is 0. The average Bonchev–Trinajstić information content (AvgIpc) is 3.61. The maximum absolute atomic E-state index is 15.3. The van der Waals surface area contributed by atoms with Crippen LogP contribution in [0.2, 0.25) is 0 Å². The molecule has 0 spiro atoms. The van der Waals surface area contributed by atoms with E-state index in [-0.39, 0.29) is 35.6 Å². The van der Waals surface area contributed by atoms with Crippen molar-refractivity contribution in [1.82, 2.24) is 31.0 Å². The van der Waals surface area contributed by atoms with Crippen LogP contribution in [-0.2, 0) is 16.8 Å². The number of aromatic nitrogens is 4. The molecular formula is C30H34FN7O3. The number of hydrogen-bond donors (Lipinski definition) is 4. The first-order chi connectivity index (χ1) is 19.6. The van der Waals surface area contributed by atoms with E-state index in [1.165, 1.54) is 12.1 Å². The summed E-state index contributed by atoms with van der Waals surface area (Å²) in [5.74, 6) is 0.0754. The highest BCUT2D eigenvalue weighted by atomic mass is 19.1. The molecular weight excluding hydrogens is 525 g/mol. The minimum absolute atomic E-state index is 0.00751. The first-order valence-electron chi connectivity index (χ1n) is 13.7. The molecule has 4 N–H and O–H groups in total. The quantitative estimate of drug-likeness (QED) is 0.223. The molecule has 1 aromatic carbocycles. The maximum atomic E-state index is 15.3. The number of hydrogen-bond acceptors (Lipinski definition) is 7. The fraction of sp³-hybridized carbons (Fsp3) is 0.367. The zero-order chi connectivity index (χ0) is 29.1. The van der Waals surface area contributed by atoms with Crippen LogP contribution < -0.4 is 16.0 Å². The predicted molar refractivity (Wildman–Crippen MR) is 154 cm³/mol. The van der Waals surface area contributed by atoms with E-state index < -0.39 is 11.7 Å². The van der Waals surface area contributed by atoms with E-state index in [1.807, 2.05) is 26.8 Å². The third-order valence-corrected chi connectivity index (χ3v) is 7.35. The first-order valence-corrected chi connectivity index (χ1v) is 13.7. The van der Waals surface area contributed by atoms with Crippen LogP contribution in [0.5, 0.6) is 0 Å². The third kappa shape index (κ3) is 6.13. The number of H-pyrrole nitrogens is 1. The number of nitrogens with zero attached hydrogens (tertiary/aromatic N) is 3. The lowest BCUT2D eigenvalue weighted by Gasteiger charge is -2.32. The van der Waals surface area contributed by atoms with Gasteiger partial charge in [-0.3, -0.25) is 14.7 Å². The van der Waals surface area contributed by atoms with Crippen LogP contribution in [0.3, 0.4) is 0 Å². The number of nitrogens with one attached hydrogen (secondary N) is 4. The molecule has 2 amide bonds. The van der Waals surface area contributed by atoms with Gasteiger partial charge in [0.1, 0.15) is 11.6 Å². The molecule has 0 aliphatic heterocycles. The molecule has 214 valence electrons. The molecule has 3 aromatic heterocycles. The highest BCUT2D eigenvalue weighted by Gasteiger charge is 2.28. The number of carbonyl (C=O) groups is 2. The molecule has 4 aromatic rings. The van der Waals surface area contributed by atoms with Gasteiger partial charge >= 0.3 is 0 Å².